The summed E-state index contributed by atoms with van der Waals surface area (Å²) in [5.74, 6) is -1.36. The molecule has 3 aliphatic heterocycles. The fraction of sp³-hybridized carbons (Fsp3) is 0.690. The first-order chi connectivity index (χ1) is 18.5. The van der Waals surface area contributed by atoms with Crippen LogP contribution in [0.1, 0.15) is 69.9 Å². The summed E-state index contributed by atoms with van der Waals surface area (Å²) in [7, 11) is 0. The van der Waals surface area contributed by atoms with Gasteiger partial charge in [0.05, 0.1) is 13.2 Å². The molecule has 10 heteroatoms. The normalized spacial score (nSPS) is 29.5. The van der Waals surface area contributed by atoms with Gasteiger partial charge in [0.25, 0.3) is 0 Å². The number of carbonyl (C=O) groups is 3. The van der Waals surface area contributed by atoms with Crippen molar-refractivity contribution in [3.63, 3.8) is 0 Å². The quantitative estimate of drug-likeness (QED) is 0.569. The second-order valence-corrected chi connectivity index (χ2v) is 12.6. The molecule has 214 valence electrons. The minimum atomic E-state index is -1.10. The molecule has 4 fully saturated rings. The molecule has 0 radical (unpaired) electrons. The maximum absolute atomic E-state index is 15.3. The summed E-state index contributed by atoms with van der Waals surface area (Å²) in [6, 6.07) is 3.64. The second kappa shape index (κ2) is 11.0. The number of nitrogens with two attached hydrogens (primary N) is 1. The number of rotatable bonds is 6. The molecule has 5 rings (SSSR count). The Bertz CT molecular complexity index is 1110. The third-order valence-electron chi connectivity index (χ3n) is 8.76. The average molecular weight is 545 g/mol. The average Bonchev–Trinajstić information content (AvgIpc) is 3.50. The van der Waals surface area contributed by atoms with E-state index in [9.17, 15) is 14.4 Å². The van der Waals surface area contributed by atoms with E-state index in [0.717, 1.165) is 57.4 Å². The fourth-order valence-electron chi connectivity index (χ4n) is 6.86. The molecule has 0 spiro atoms. The van der Waals surface area contributed by atoms with E-state index < -0.39 is 41.4 Å². The highest BCUT2D eigenvalue weighted by Crippen LogP contribution is 2.43. The molecule has 9 nitrogen and oxygen atoms in total. The number of ether oxygens (including phenoxy) is 2. The van der Waals surface area contributed by atoms with Crippen molar-refractivity contribution >= 4 is 17.9 Å². The number of carbonyl (C=O) groups excluding carboxylic acids is 3. The van der Waals surface area contributed by atoms with Gasteiger partial charge < -0.3 is 20.5 Å². The molecule has 0 aromatic heterocycles. The number of hydrogen-bond acceptors (Lipinski definition) is 6. The highest BCUT2D eigenvalue weighted by atomic mass is 19.1. The van der Waals surface area contributed by atoms with Gasteiger partial charge in [-0.3, -0.25) is 19.4 Å². The zero-order valence-corrected chi connectivity index (χ0v) is 23.2. The van der Waals surface area contributed by atoms with Crippen LogP contribution in [0.2, 0.25) is 0 Å². The lowest BCUT2D eigenvalue weighted by atomic mass is 9.84. The van der Waals surface area contributed by atoms with E-state index in [1.165, 1.54) is 4.90 Å². The summed E-state index contributed by atoms with van der Waals surface area (Å²) in [4.78, 5) is 42.6. The molecule has 6 atom stereocenters. The number of likely N-dealkylation sites (tertiary alicyclic amines) is 1. The van der Waals surface area contributed by atoms with Crippen molar-refractivity contribution in [1.29, 1.82) is 0 Å². The van der Waals surface area contributed by atoms with E-state index in [0.29, 0.717) is 18.2 Å². The molecule has 3 amide bonds. The largest absolute Gasteiger partial charge is 0.444 e. The molecule has 39 heavy (non-hydrogen) atoms. The second-order valence-electron chi connectivity index (χ2n) is 12.6. The first-order valence-corrected chi connectivity index (χ1v) is 14.2. The van der Waals surface area contributed by atoms with Crippen molar-refractivity contribution < 1.29 is 28.2 Å². The van der Waals surface area contributed by atoms with Crippen LogP contribution in [0, 0.1) is 11.7 Å². The molecule has 4 aliphatic rings. The van der Waals surface area contributed by atoms with Crippen molar-refractivity contribution in [3.05, 3.63) is 35.1 Å². The lowest BCUT2D eigenvalue weighted by Gasteiger charge is -2.42. The van der Waals surface area contributed by atoms with Crippen molar-refractivity contribution in [3.8, 4) is 0 Å². The van der Waals surface area contributed by atoms with Crippen LogP contribution in [-0.2, 0) is 25.5 Å². The zero-order chi connectivity index (χ0) is 27.9. The van der Waals surface area contributed by atoms with Gasteiger partial charge in [0, 0.05) is 25.0 Å². The zero-order valence-electron chi connectivity index (χ0n) is 23.2. The van der Waals surface area contributed by atoms with Gasteiger partial charge in [0.2, 0.25) is 11.8 Å². The highest BCUT2D eigenvalue weighted by Gasteiger charge is 2.52. The number of fused-ring (bicyclic) bond motifs is 3. The molecular weight excluding hydrogens is 503 g/mol. The summed E-state index contributed by atoms with van der Waals surface area (Å²) >= 11 is 0. The Hall–Kier alpha value is -2.72. The smallest absolute Gasteiger partial charge is 0.411 e. The number of amides is 3. The minimum Gasteiger partial charge on any atom is -0.444 e. The summed E-state index contributed by atoms with van der Waals surface area (Å²) in [5, 5.41) is 2.73. The van der Waals surface area contributed by atoms with E-state index in [1.54, 1.807) is 32.9 Å². The Morgan fingerprint density at radius 2 is 1.95 bits per heavy atom. The topological polar surface area (TPSA) is 114 Å². The molecular formula is C29H41FN4O5. The molecule has 0 unspecified atom stereocenters. The van der Waals surface area contributed by atoms with Crippen LogP contribution >= 0.6 is 0 Å². The van der Waals surface area contributed by atoms with Crippen molar-refractivity contribution in [2.45, 2.75) is 95.0 Å². The van der Waals surface area contributed by atoms with Crippen LogP contribution in [0.5, 0.6) is 0 Å². The molecule has 1 saturated carbocycles. The maximum Gasteiger partial charge on any atom is 0.411 e. The highest BCUT2D eigenvalue weighted by molar-refractivity contribution is 5.91. The number of nitrogens with zero attached hydrogens (tertiary/aromatic N) is 2. The van der Waals surface area contributed by atoms with Gasteiger partial charge in [-0.15, -0.1) is 0 Å². The van der Waals surface area contributed by atoms with Gasteiger partial charge >= 0.3 is 6.09 Å². The molecule has 3 heterocycles. The van der Waals surface area contributed by atoms with Gasteiger partial charge in [-0.05, 0) is 88.4 Å². The molecule has 3 saturated heterocycles. The van der Waals surface area contributed by atoms with E-state index in [-0.39, 0.29) is 24.3 Å². The van der Waals surface area contributed by atoms with Crippen LogP contribution in [0.4, 0.5) is 9.18 Å². The van der Waals surface area contributed by atoms with Gasteiger partial charge in [-0.2, -0.15) is 0 Å². The number of primary amides is 1. The Balaban J connectivity index is 1.25. The molecule has 1 aromatic rings. The van der Waals surface area contributed by atoms with E-state index >= 15 is 4.39 Å². The SMILES string of the molecule is CC(C)(C)OC(=O)N1[C@@H]2CC[C@@H](C2)[C@H]1C(=O)N[C@@H](Cc1ccc([C@H]2CCN3CCOC[C@H]3C2)cc1F)C(N)=O. The van der Waals surface area contributed by atoms with Gasteiger partial charge in [0.15, 0.2) is 0 Å². The maximum atomic E-state index is 15.3. The number of piperidine rings is 2. The molecule has 2 bridgehead atoms. The van der Waals surface area contributed by atoms with Gasteiger partial charge in [0.1, 0.15) is 23.5 Å². The third kappa shape index (κ3) is 6.06. The van der Waals surface area contributed by atoms with Crippen LogP contribution in [0.3, 0.4) is 0 Å². The first kappa shape index (κ1) is 27.8. The third-order valence-corrected chi connectivity index (χ3v) is 8.76. The van der Waals surface area contributed by atoms with Crippen molar-refractivity contribution in [2.24, 2.45) is 11.7 Å². The predicted octanol–water partition coefficient (Wildman–Crippen LogP) is 2.70. The van der Waals surface area contributed by atoms with Crippen LogP contribution in [0.15, 0.2) is 18.2 Å². The standard InChI is InChI=1S/C29H41FN4O5/c1-29(2,3)39-28(37)34-21-7-6-20(13-21)25(34)27(36)32-24(26(31)35)15-19-5-4-17(14-23(19)30)18-8-9-33-10-11-38-16-22(33)12-18/h4-5,14,18,20-22,24-25H,6-13,15-16H2,1-3H3,(H2,31,35)(H,32,36)/t18-,20-,21+,22+,24-,25-/m0/s1. The van der Waals surface area contributed by atoms with Crippen molar-refractivity contribution in [2.75, 3.05) is 26.3 Å². The summed E-state index contributed by atoms with van der Waals surface area (Å²) in [5.41, 5.74) is 6.21. The molecule has 1 aliphatic carbocycles. The Morgan fingerprint density at radius 1 is 1.15 bits per heavy atom. The van der Waals surface area contributed by atoms with Gasteiger partial charge in [-0.25, -0.2) is 9.18 Å². The lowest BCUT2D eigenvalue weighted by molar-refractivity contribution is -0.132. The number of halogens is 1. The van der Waals surface area contributed by atoms with Crippen LogP contribution in [-0.4, -0.2) is 83.8 Å². The monoisotopic (exact) mass is 544 g/mol. The van der Waals surface area contributed by atoms with Gasteiger partial charge in [-0.1, -0.05) is 12.1 Å². The number of morpholine rings is 1. The predicted molar refractivity (Wildman–Crippen MR) is 142 cm³/mol. The summed E-state index contributed by atoms with van der Waals surface area (Å²) in [6.45, 7) is 8.75. The Kier molecular flexibility index (Phi) is 7.88. The minimum absolute atomic E-state index is 0.00644. The first-order valence-electron chi connectivity index (χ1n) is 14.2. The van der Waals surface area contributed by atoms with E-state index in [1.807, 2.05) is 6.07 Å². The Labute approximate surface area is 229 Å². The molecule has 3 N–H and O–H groups in total. The number of hydrogen-bond donors (Lipinski definition) is 2. The fourth-order valence-corrected chi connectivity index (χ4v) is 6.86. The number of benzene rings is 1. The van der Waals surface area contributed by atoms with Crippen molar-refractivity contribution in [1.82, 2.24) is 15.1 Å². The summed E-state index contributed by atoms with van der Waals surface area (Å²) < 4.78 is 26.5. The van der Waals surface area contributed by atoms with E-state index in [2.05, 4.69) is 10.2 Å². The number of nitrogens with one attached hydrogen (secondary N) is 1. The molecule has 1 aromatic carbocycles. The Morgan fingerprint density at radius 3 is 2.67 bits per heavy atom. The van der Waals surface area contributed by atoms with Crippen LogP contribution < -0.4 is 11.1 Å². The van der Waals surface area contributed by atoms with Crippen LogP contribution in [0.25, 0.3) is 0 Å². The lowest BCUT2D eigenvalue weighted by Crippen LogP contribution is -2.57. The summed E-state index contributed by atoms with van der Waals surface area (Å²) in [6.07, 6.45) is 3.67. The van der Waals surface area contributed by atoms with E-state index in [4.69, 9.17) is 15.2 Å².